The van der Waals surface area contributed by atoms with Crippen LogP contribution in [0, 0.1) is 0 Å². The van der Waals surface area contributed by atoms with E-state index >= 15 is 0 Å². The van der Waals surface area contributed by atoms with Crippen molar-refractivity contribution in [3.63, 3.8) is 0 Å². The third-order valence-electron chi connectivity index (χ3n) is 12.4. The van der Waals surface area contributed by atoms with Gasteiger partial charge in [0.05, 0.1) is 11.4 Å². The zero-order valence-electron chi connectivity index (χ0n) is 33.2. The minimum Gasteiger partial charge on any atom is -0.311 e. The largest absolute Gasteiger partial charge is 0.311 e. The minimum atomic E-state index is -0.313. The van der Waals surface area contributed by atoms with Gasteiger partial charge in [0.15, 0.2) is 0 Å². The Hall–Kier alpha value is -7.42. The number of hydrogen-bond donors (Lipinski definition) is 0. The minimum absolute atomic E-state index is 0.313. The molecule has 1 aliphatic rings. The molecule has 0 saturated carbocycles. The van der Waals surface area contributed by atoms with Crippen molar-refractivity contribution in [3.8, 4) is 22.3 Å². The number of hydrogen-bond acceptors (Lipinski definition) is 2. The predicted molar refractivity (Wildman–Crippen MR) is 251 cm³/mol. The van der Waals surface area contributed by atoms with Crippen LogP contribution in [0.5, 0.6) is 0 Å². The van der Waals surface area contributed by atoms with Gasteiger partial charge in [-0.2, -0.15) is 0 Å². The number of anilines is 6. The summed E-state index contributed by atoms with van der Waals surface area (Å²) in [5, 5.41) is 7.81. The highest BCUT2D eigenvalue weighted by Gasteiger charge is 2.39. The normalized spacial score (nSPS) is 13.0. The quantitative estimate of drug-likeness (QED) is 0.156. The lowest BCUT2D eigenvalue weighted by molar-refractivity contribution is 0.639. The zero-order chi connectivity index (χ0) is 39.5. The summed E-state index contributed by atoms with van der Waals surface area (Å²) in [7, 11) is 0. The first-order valence-corrected chi connectivity index (χ1v) is 20.5. The highest BCUT2D eigenvalue weighted by Crippen LogP contribution is 2.56. The maximum atomic E-state index is 2.48. The molecule has 59 heavy (non-hydrogen) atoms. The van der Waals surface area contributed by atoms with Crippen molar-refractivity contribution in [1.29, 1.82) is 0 Å². The number of benzene rings is 10. The van der Waals surface area contributed by atoms with Gasteiger partial charge < -0.3 is 9.80 Å². The Balaban J connectivity index is 1.05. The lowest BCUT2D eigenvalue weighted by Gasteiger charge is -2.43. The topological polar surface area (TPSA) is 6.48 Å². The van der Waals surface area contributed by atoms with Gasteiger partial charge in [-0.15, -0.1) is 0 Å². The summed E-state index contributed by atoms with van der Waals surface area (Å²) in [6.07, 6.45) is 0. The van der Waals surface area contributed by atoms with E-state index in [2.05, 4.69) is 242 Å². The summed E-state index contributed by atoms with van der Waals surface area (Å²) in [5.74, 6) is 0. The maximum absolute atomic E-state index is 2.48. The molecule has 1 aliphatic heterocycles. The van der Waals surface area contributed by atoms with E-state index in [1.807, 2.05) is 0 Å². The monoisotopic (exact) mass is 754 g/mol. The molecule has 2 heteroatoms. The van der Waals surface area contributed by atoms with Crippen LogP contribution in [-0.4, -0.2) is 0 Å². The fraction of sp³-hybridized carbons (Fsp3) is 0.0526. The molecule has 0 amide bonds. The number of nitrogens with zero attached hydrogens (tertiary/aromatic N) is 2. The van der Waals surface area contributed by atoms with Gasteiger partial charge in [0.2, 0.25) is 0 Å². The first-order chi connectivity index (χ1) is 29.0. The fourth-order valence-corrected chi connectivity index (χ4v) is 9.60. The Bertz CT molecular complexity index is 3120. The fourth-order valence-electron chi connectivity index (χ4n) is 9.60. The first kappa shape index (κ1) is 34.8. The van der Waals surface area contributed by atoms with E-state index in [1.54, 1.807) is 0 Å². The summed E-state index contributed by atoms with van der Waals surface area (Å²) in [6.45, 7) is 4.84. The zero-order valence-corrected chi connectivity index (χ0v) is 33.2. The average molecular weight is 755 g/mol. The average Bonchev–Trinajstić information content (AvgIpc) is 3.30. The van der Waals surface area contributed by atoms with Crippen LogP contribution in [0.1, 0.15) is 25.0 Å². The third-order valence-corrected chi connectivity index (χ3v) is 12.4. The van der Waals surface area contributed by atoms with Gasteiger partial charge in [0, 0.05) is 28.2 Å². The molecule has 0 spiro atoms. The molecule has 10 aromatic carbocycles. The van der Waals surface area contributed by atoms with Crippen LogP contribution in [0.15, 0.2) is 218 Å². The Kier molecular flexibility index (Phi) is 8.20. The van der Waals surface area contributed by atoms with E-state index in [9.17, 15) is 0 Å². The summed E-state index contributed by atoms with van der Waals surface area (Å²) in [4.78, 5) is 4.81. The molecule has 2 nitrogen and oxygen atoms in total. The smallest absolute Gasteiger partial charge is 0.0509 e. The van der Waals surface area contributed by atoms with Crippen LogP contribution >= 0.6 is 0 Å². The van der Waals surface area contributed by atoms with Gasteiger partial charge in [-0.1, -0.05) is 166 Å². The van der Waals surface area contributed by atoms with Crippen LogP contribution in [-0.2, 0) is 5.41 Å². The van der Waals surface area contributed by atoms with E-state index in [0.29, 0.717) is 0 Å². The standard InChI is InChI=1S/C57H42N2/c1-57(2)52-38-42(41-28-33-46(34-29-41)58(43-18-8-4-9-19-43)45-31-26-40(27-32-45)39-16-6-3-7-17-39)30-36-53(52)59(44-20-10-5-11-21-44)54-37-35-51-49-24-13-12-22-47(49)48-23-14-15-25-50(48)55(51)56(54)57/h3-38H,1-2H3. The molecule has 11 rings (SSSR count). The van der Waals surface area contributed by atoms with Crippen LogP contribution in [0.3, 0.4) is 0 Å². The second kappa shape index (κ2) is 13.9. The van der Waals surface area contributed by atoms with Gasteiger partial charge in [0.1, 0.15) is 0 Å². The van der Waals surface area contributed by atoms with E-state index in [1.165, 1.54) is 77.1 Å². The van der Waals surface area contributed by atoms with E-state index < -0.39 is 0 Å². The maximum Gasteiger partial charge on any atom is 0.0509 e. The summed E-state index contributed by atoms with van der Waals surface area (Å²) in [5.41, 5.74) is 14.1. The molecular weight excluding hydrogens is 713 g/mol. The number of rotatable bonds is 6. The van der Waals surface area contributed by atoms with Gasteiger partial charge >= 0.3 is 0 Å². The molecule has 0 aliphatic carbocycles. The molecule has 280 valence electrons. The van der Waals surface area contributed by atoms with Crippen LogP contribution in [0.25, 0.3) is 54.6 Å². The van der Waals surface area contributed by atoms with Crippen molar-refractivity contribution in [2.24, 2.45) is 0 Å². The third kappa shape index (κ3) is 5.71. The summed E-state index contributed by atoms with van der Waals surface area (Å²) in [6, 6.07) is 79.7. The Labute approximate surface area is 345 Å². The SMILES string of the molecule is CC1(C)c2cc(-c3ccc(N(c4ccccc4)c4ccc(-c5ccccc5)cc4)cc3)ccc2N(c2ccccc2)c2ccc3c4ccccc4c4ccccc4c3c21. The van der Waals surface area contributed by atoms with Crippen LogP contribution in [0.4, 0.5) is 34.1 Å². The molecule has 0 atom stereocenters. The van der Waals surface area contributed by atoms with Gasteiger partial charge in [-0.05, 0) is 132 Å². The van der Waals surface area contributed by atoms with Crippen molar-refractivity contribution in [2.75, 3.05) is 9.80 Å². The van der Waals surface area contributed by atoms with Crippen LogP contribution < -0.4 is 9.80 Å². The second-order valence-corrected chi connectivity index (χ2v) is 16.1. The van der Waals surface area contributed by atoms with Crippen molar-refractivity contribution >= 4 is 66.4 Å². The van der Waals surface area contributed by atoms with Crippen LogP contribution in [0.2, 0.25) is 0 Å². The van der Waals surface area contributed by atoms with Crippen molar-refractivity contribution in [3.05, 3.63) is 230 Å². The molecule has 0 radical (unpaired) electrons. The molecule has 0 aromatic heterocycles. The molecule has 0 unspecified atom stereocenters. The molecule has 10 aromatic rings. The molecule has 0 bridgehead atoms. The Morgan fingerprint density at radius 3 is 1.39 bits per heavy atom. The van der Waals surface area contributed by atoms with E-state index in [0.717, 1.165) is 22.7 Å². The lowest BCUT2D eigenvalue weighted by Crippen LogP contribution is -2.31. The molecule has 0 N–H and O–H groups in total. The van der Waals surface area contributed by atoms with E-state index in [4.69, 9.17) is 0 Å². The number of fused-ring (bicyclic) bond motifs is 9. The van der Waals surface area contributed by atoms with Gasteiger partial charge in [0.25, 0.3) is 0 Å². The van der Waals surface area contributed by atoms with Gasteiger partial charge in [-0.25, -0.2) is 0 Å². The highest BCUT2D eigenvalue weighted by atomic mass is 15.2. The Morgan fingerprint density at radius 1 is 0.356 bits per heavy atom. The summed E-state index contributed by atoms with van der Waals surface area (Å²) >= 11 is 0. The van der Waals surface area contributed by atoms with Crippen molar-refractivity contribution in [2.45, 2.75) is 19.3 Å². The molecule has 0 fully saturated rings. The molecular formula is C57H42N2. The number of para-hydroxylation sites is 2. The predicted octanol–water partition coefficient (Wildman–Crippen LogP) is 16.1. The first-order valence-electron chi connectivity index (χ1n) is 20.5. The molecule has 0 saturated heterocycles. The highest BCUT2D eigenvalue weighted by molar-refractivity contribution is 6.27. The second-order valence-electron chi connectivity index (χ2n) is 16.1. The van der Waals surface area contributed by atoms with Crippen molar-refractivity contribution in [1.82, 2.24) is 0 Å². The lowest BCUT2D eigenvalue weighted by atomic mass is 9.70. The van der Waals surface area contributed by atoms with E-state index in [-0.39, 0.29) is 5.41 Å². The Morgan fingerprint density at radius 2 is 0.780 bits per heavy atom. The molecule has 1 heterocycles. The van der Waals surface area contributed by atoms with Gasteiger partial charge in [-0.3, -0.25) is 0 Å². The van der Waals surface area contributed by atoms with Crippen molar-refractivity contribution < 1.29 is 0 Å². The summed E-state index contributed by atoms with van der Waals surface area (Å²) < 4.78 is 0.